The van der Waals surface area contributed by atoms with Crippen molar-refractivity contribution in [3.63, 3.8) is 0 Å². The van der Waals surface area contributed by atoms with Crippen molar-refractivity contribution in [1.29, 1.82) is 0 Å². The molecule has 1 unspecified atom stereocenters. The first-order valence-corrected chi connectivity index (χ1v) is 7.21. The number of nitro groups is 1. The molecule has 1 atom stereocenters. The number of hydrogen-bond acceptors (Lipinski definition) is 4. The molecular weight excluding hydrogens is 314 g/mol. The lowest BCUT2D eigenvalue weighted by atomic mass is 10.1. The van der Waals surface area contributed by atoms with Gasteiger partial charge in [-0.1, -0.05) is 22.9 Å². The van der Waals surface area contributed by atoms with Gasteiger partial charge in [0.15, 0.2) is 5.75 Å². The fraction of sp³-hybridized carbons (Fsp3) is 0.538. The Kier molecular flexibility index (Phi) is 6.62. The normalized spacial score (nSPS) is 11.9. The van der Waals surface area contributed by atoms with E-state index in [1.807, 2.05) is 0 Å². The topological polar surface area (TPSA) is 61.6 Å². The highest BCUT2D eigenvalue weighted by Gasteiger charge is 2.15. The Labute approximate surface area is 121 Å². The first kappa shape index (κ1) is 15.8. The van der Waals surface area contributed by atoms with Crippen molar-refractivity contribution < 1.29 is 14.4 Å². The molecule has 1 rings (SSSR count). The molecule has 0 aliphatic heterocycles. The number of hydrogen-bond donors (Lipinski definition) is 0. The Morgan fingerprint density at radius 1 is 1.42 bits per heavy atom. The summed E-state index contributed by atoms with van der Waals surface area (Å²) in [6.07, 6.45) is 2.01. The van der Waals surface area contributed by atoms with Gasteiger partial charge in [0, 0.05) is 5.33 Å². The molecule has 6 heteroatoms. The smallest absolute Gasteiger partial charge is 0.314 e. The van der Waals surface area contributed by atoms with Gasteiger partial charge in [0.05, 0.1) is 24.7 Å². The van der Waals surface area contributed by atoms with Crippen molar-refractivity contribution in [1.82, 2.24) is 0 Å². The summed E-state index contributed by atoms with van der Waals surface area (Å²) in [6, 6.07) is 4.63. The minimum Gasteiger partial charge on any atom is -0.493 e. The average Bonchev–Trinajstić information content (AvgIpc) is 2.38. The lowest BCUT2D eigenvalue weighted by Crippen LogP contribution is -2.05. The third-order valence-corrected chi connectivity index (χ3v) is 3.29. The third kappa shape index (κ3) is 5.06. The number of nitrogens with zero attached hydrogens (tertiary/aromatic N) is 1. The van der Waals surface area contributed by atoms with Gasteiger partial charge in [-0.25, -0.2) is 0 Å². The molecule has 0 bridgehead atoms. The van der Waals surface area contributed by atoms with Gasteiger partial charge in [0.2, 0.25) is 0 Å². The van der Waals surface area contributed by atoms with Crippen molar-refractivity contribution >= 4 is 21.6 Å². The molecule has 0 spiro atoms. The van der Waals surface area contributed by atoms with Gasteiger partial charge in [0.1, 0.15) is 5.75 Å². The predicted molar refractivity (Wildman–Crippen MR) is 77.3 cm³/mol. The number of halogens is 1. The zero-order valence-corrected chi connectivity index (χ0v) is 12.7. The van der Waals surface area contributed by atoms with Gasteiger partial charge in [-0.2, -0.15) is 0 Å². The van der Waals surface area contributed by atoms with E-state index in [0.29, 0.717) is 18.3 Å². The Hall–Kier alpha value is -1.30. The molecule has 1 aromatic carbocycles. The molecule has 19 heavy (non-hydrogen) atoms. The number of benzene rings is 1. The van der Waals surface area contributed by atoms with Gasteiger partial charge >= 0.3 is 5.69 Å². The molecule has 0 fully saturated rings. The van der Waals surface area contributed by atoms with Gasteiger partial charge in [-0.3, -0.25) is 10.1 Å². The summed E-state index contributed by atoms with van der Waals surface area (Å²) in [4.78, 5) is 10.4. The summed E-state index contributed by atoms with van der Waals surface area (Å²) in [5, 5.41) is 11.8. The molecule has 0 saturated heterocycles. The van der Waals surface area contributed by atoms with Crippen molar-refractivity contribution in [2.45, 2.75) is 19.8 Å². The number of rotatable bonds is 8. The fourth-order valence-electron chi connectivity index (χ4n) is 1.61. The molecular formula is C13H18BrNO4. The molecule has 0 N–H and O–H groups in total. The summed E-state index contributed by atoms with van der Waals surface area (Å²) in [6.45, 7) is 2.71. The number of nitro benzene ring substituents is 1. The highest BCUT2D eigenvalue weighted by molar-refractivity contribution is 9.09. The minimum absolute atomic E-state index is 0.0755. The zero-order valence-electron chi connectivity index (χ0n) is 11.1. The maximum absolute atomic E-state index is 10.9. The van der Waals surface area contributed by atoms with Crippen molar-refractivity contribution in [2.24, 2.45) is 5.92 Å². The van der Waals surface area contributed by atoms with E-state index in [1.165, 1.54) is 13.2 Å². The first-order valence-electron chi connectivity index (χ1n) is 6.09. The molecule has 0 amide bonds. The van der Waals surface area contributed by atoms with Gasteiger partial charge < -0.3 is 9.47 Å². The molecule has 0 heterocycles. The summed E-state index contributed by atoms with van der Waals surface area (Å²) in [7, 11) is 1.41. The van der Waals surface area contributed by atoms with E-state index in [1.54, 1.807) is 12.1 Å². The average molecular weight is 332 g/mol. The van der Waals surface area contributed by atoms with E-state index in [0.717, 1.165) is 18.2 Å². The van der Waals surface area contributed by atoms with Crippen LogP contribution in [0.15, 0.2) is 18.2 Å². The van der Waals surface area contributed by atoms with E-state index in [9.17, 15) is 10.1 Å². The van der Waals surface area contributed by atoms with Crippen LogP contribution in [0.3, 0.4) is 0 Å². The number of ether oxygens (including phenoxy) is 2. The summed E-state index contributed by atoms with van der Waals surface area (Å²) < 4.78 is 10.5. The summed E-state index contributed by atoms with van der Waals surface area (Å²) in [5.74, 6) is 1.30. The van der Waals surface area contributed by atoms with Crippen LogP contribution in [0.1, 0.15) is 19.8 Å². The number of methoxy groups -OCH3 is 1. The van der Waals surface area contributed by atoms with Crippen LogP contribution in [0.25, 0.3) is 0 Å². The molecule has 106 valence electrons. The largest absolute Gasteiger partial charge is 0.493 e. The standard InChI is InChI=1S/C13H18BrNO4/c1-10(5-7-14)6-8-19-11-3-4-13(18-2)12(9-11)15(16)17/h3-4,9-10H,5-8H2,1-2H3. The Balaban J connectivity index is 2.60. The van der Waals surface area contributed by atoms with Crippen LogP contribution >= 0.6 is 15.9 Å². The second kappa shape index (κ2) is 7.99. The maximum atomic E-state index is 10.9. The maximum Gasteiger partial charge on any atom is 0.314 e. The summed E-state index contributed by atoms with van der Waals surface area (Å²) >= 11 is 3.40. The fourth-order valence-corrected chi connectivity index (χ4v) is 2.39. The first-order chi connectivity index (χ1) is 9.08. The van der Waals surface area contributed by atoms with Crippen LogP contribution < -0.4 is 9.47 Å². The Bertz CT molecular complexity index is 425. The monoisotopic (exact) mass is 331 g/mol. The molecule has 1 aromatic rings. The van der Waals surface area contributed by atoms with E-state index >= 15 is 0 Å². The second-order valence-corrected chi connectivity index (χ2v) is 5.10. The van der Waals surface area contributed by atoms with Crippen LogP contribution in [0.5, 0.6) is 11.5 Å². The predicted octanol–water partition coefficient (Wildman–Crippen LogP) is 3.79. The molecule has 0 aliphatic rings. The van der Waals surface area contributed by atoms with Crippen molar-refractivity contribution in [2.75, 3.05) is 19.0 Å². The van der Waals surface area contributed by atoms with E-state index in [-0.39, 0.29) is 11.4 Å². The molecule has 0 saturated carbocycles. The lowest BCUT2D eigenvalue weighted by Gasteiger charge is -2.11. The number of alkyl halides is 1. The Morgan fingerprint density at radius 3 is 2.74 bits per heavy atom. The lowest BCUT2D eigenvalue weighted by molar-refractivity contribution is -0.385. The Morgan fingerprint density at radius 2 is 2.16 bits per heavy atom. The van der Waals surface area contributed by atoms with Crippen LogP contribution in [-0.2, 0) is 0 Å². The second-order valence-electron chi connectivity index (χ2n) is 4.31. The van der Waals surface area contributed by atoms with Crippen LogP contribution in [0.4, 0.5) is 5.69 Å². The molecule has 0 radical (unpaired) electrons. The quantitative estimate of drug-likeness (QED) is 0.413. The SMILES string of the molecule is COc1ccc(OCCC(C)CCBr)cc1[N+](=O)[O-]. The van der Waals surface area contributed by atoms with E-state index in [2.05, 4.69) is 22.9 Å². The third-order valence-electron chi connectivity index (χ3n) is 2.83. The van der Waals surface area contributed by atoms with Crippen LogP contribution in [0.2, 0.25) is 0 Å². The zero-order chi connectivity index (χ0) is 14.3. The molecule has 0 aromatic heterocycles. The van der Waals surface area contributed by atoms with Gasteiger partial charge in [-0.05, 0) is 30.9 Å². The van der Waals surface area contributed by atoms with Gasteiger partial charge in [-0.15, -0.1) is 0 Å². The highest BCUT2D eigenvalue weighted by atomic mass is 79.9. The highest BCUT2D eigenvalue weighted by Crippen LogP contribution is 2.30. The molecule has 0 aliphatic carbocycles. The van der Waals surface area contributed by atoms with Crippen LogP contribution in [-0.4, -0.2) is 24.0 Å². The molecule has 5 nitrogen and oxygen atoms in total. The van der Waals surface area contributed by atoms with Crippen molar-refractivity contribution in [3.05, 3.63) is 28.3 Å². The van der Waals surface area contributed by atoms with Crippen LogP contribution in [0, 0.1) is 16.0 Å². The summed E-state index contributed by atoms with van der Waals surface area (Å²) in [5.41, 5.74) is -0.0755. The minimum atomic E-state index is -0.473. The van der Waals surface area contributed by atoms with Crippen molar-refractivity contribution in [3.8, 4) is 11.5 Å². The van der Waals surface area contributed by atoms with Gasteiger partial charge in [0.25, 0.3) is 0 Å². The van der Waals surface area contributed by atoms with E-state index in [4.69, 9.17) is 9.47 Å². The van der Waals surface area contributed by atoms with E-state index < -0.39 is 4.92 Å².